The summed E-state index contributed by atoms with van der Waals surface area (Å²) in [5.74, 6) is -0.910. The number of fused-ring (bicyclic) bond motifs is 1. The second-order valence-electron chi connectivity index (χ2n) is 4.51. The maximum atomic E-state index is 10.5. The number of hydrogen-bond acceptors (Lipinski definition) is 3. The van der Waals surface area contributed by atoms with Crippen molar-refractivity contribution in [2.24, 2.45) is 11.7 Å². The predicted molar refractivity (Wildman–Crippen MR) is 74.1 cm³/mol. The van der Waals surface area contributed by atoms with Gasteiger partial charge in [-0.15, -0.1) is 0 Å². The first-order valence-corrected chi connectivity index (χ1v) is 5.97. The molecule has 0 radical (unpaired) electrons. The number of carbonyl (C=O) groups excluding carboxylic acids is 1. The lowest BCUT2D eigenvalue weighted by atomic mass is 10.1. The van der Waals surface area contributed by atoms with Crippen LogP contribution in [0.15, 0.2) is 30.5 Å². The minimum Gasteiger partial charge on any atom is -0.480 e. The molecular weight excluding hydrogens is 244 g/mol. The third-order valence-corrected chi connectivity index (χ3v) is 2.76. The number of aliphatic carboxylic acids is 1. The lowest BCUT2D eigenvalue weighted by molar-refractivity contribution is -0.139. The summed E-state index contributed by atoms with van der Waals surface area (Å²) in [6, 6.07) is 6.81. The lowest BCUT2D eigenvalue weighted by Gasteiger charge is -2.07. The Hall–Kier alpha value is -2.14. The highest BCUT2D eigenvalue weighted by atomic mass is 16.4. The molecule has 102 valence electrons. The topological polar surface area (TPSA) is 96.2 Å². The number of carboxylic acid groups (broad SMARTS) is 1. The van der Waals surface area contributed by atoms with E-state index in [9.17, 15) is 9.59 Å². The van der Waals surface area contributed by atoms with E-state index in [1.807, 2.05) is 30.5 Å². The molecule has 0 saturated heterocycles. The van der Waals surface area contributed by atoms with Gasteiger partial charge in [0.2, 0.25) is 0 Å². The Labute approximate surface area is 111 Å². The highest BCUT2D eigenvalue weighted by molar-refractivity contribution is 5.96. The summed E-state index contributed by atoms with van der Waals surface area (Å²) in [6.45, 7) is 3.55. The number of rotatable bonds is 3. The Morgan fingerprint density at radius 3 is 2.53 bits per heavy atom. The van der Waals surface area contributed by atoms with Crippen molar-refractivity contribution in [2.45, 2.75) is 19.9 Å². The van der Waals surface area contributed by atoms with Crippen LogP contribution in [-0.4, -0.2) is 28.4 Å². The van der Waals surface area contributed by atoms with E-state index in [0.717, 1.165) is 22.8 Å². The maximum Gasteiger partial charge on any atom is 0.320 e. The number of carboxylic acids is 1. The van der Waals surface area contributed by atoms with Gasteiger partial charge in [-0.05, 0) is 18.1 Å². The van der Waals surface area contributed by atoms with Gasteiger partial charge >= 0.3 is 5.97 Å². The molecule has 0 spiro atoms. The van der Waals surface area contributed by atoms with E-state index >= 15 is 0 Å². The molecule has 2 rings (SSSR count). The van der Waals surface area contributed by atoms with Crippen LogP contribution in [0.1, 0.15) is 24.2 Å². The number of hydrogen-bond donors (Lipinski definition) is 3. The van der Waals surface area contributed by atoms with E-state index in [1.165, 1.54) is 0 Å². The molecule has 0 aliphatic rings. The summed E-state index contributed by atoms with van der Waals surface area (Å²) in [7, 11) is 0. The summed E-state index contributed by atoms with van der Waals surface area (Å²) in [4.78, 5) is 23.6. The van der Waals surface area contributed by atoms with Crippen LogP contribution in [0, 0.1) is 5.92 Å². The van der Waals surface area contributed by atoms with Crippen LogP contribution in [-0.2, 0) is 4.79 Å². The number of benzene rings is 1. The highest BCUT2D eigenvalue weighted by Gasteiger charge is 2.14. The molecule has 1 heterocycles. The molecule has 0 amide bonds. The first-order valence-electron chi connectivity index (χ1n) is 5.97. The van der Waals surface area contributed by atoms with E-state index in [-0.39, 0.29) is 5.92 Å². The third kappa shape index (κ3) is 3.93. The Morgan fingerprint density at radius 2 is 2.05 bits per heavy atom. The molecule has 5 nitrogen and oxygen atoms in total. The first kappa shape index (κ1) is 14.9. The molecular formula is C14H18N2O3. The van der Waals surface area contributed by atoms with Crippen LogP contribution in [0.3, 0.4) is 0 Å². The van der Waals surface area contributed by atoms with Gasteiger partial charge in [0.15, 0.2) is 6.29 Å². The van der Waals surface area contributed by atoms with Crippen LogP contribution in [0.4, 0.5) is 0 Å². The van der Waals surface area contributed by atoms with Gasteiger partial charge in [0, 0.05) is 22.7 Å². The van der Waals surface area contributed by atoms with E-state index in [0.29, 0.717) is 0 Å². The zero-order chi connectivity index (χ0) is 14.4. The number of nitrogens with one attached hydrogen (secondary N) is 1. The molecule has 0 bridgehead atoms. The fraction of sp³-hybridized carbons (Fsp3) is 0.286. The summed E-state index contributed by atoms with van der Waals surface area (Å²) >= 11 is 0. The Balaban J connectivity index is 0.000000203. The quantitative estimate of drug-likeness (QED) is 0.737. The summed E-state index contributed by atoms with van der Waals surface area (Å²) in [5, 5.41) is 9.22. The summed E-state index contributed by atoms with van der Waals surface area (Å²) in [5.41, 5.74) is 6.91. The molecule has 1 atom stereocenters. The van der Waals surface area contributed by atoms with E-state index in [4.69, 9.17) is 10.8 Å². The monoisotopic (exact) mass is 262 g/mol. The fourth-order valence-corrected chi connectivity index (χ4v) is 1.50. The van der Waals surface area contributed by atoms with Gasteiger partial charge < -0.3 is 15.8 Å². The molecule has 19 heavy (non-hydrogen) atoms. The third-order valence-electron chi connectivity index (χ3n) is 2.76. The Morgan fingerprint density at radius 1 is 1.37 bits per heavy atom. The average Bonchev–Trinajstić information content (AvgIpc) is 2.86. The van der Waals surface area contributed by atoms with Gasteiger partial charge in [0.25, 0.3) is 0 Å². The fourth-order valence-electron chi connectivity index (χ4n) is 1.50. The SMILES string of the molecule is CC(C)[C@H](N)C(=O)O.O=Cc1cccc2[nH]ccc12. The molecule has 0 aliphatic carbocycles. The van der Waals surface area contributed by atoms with Crippen molar-refractivity contribution >= 4 is 23.2 Å². The van der Waals surface area contributed by atoms with Crippen LogP contribution in [0.25, 0.3) is 10.9 Å². The van der Waals surface area contributed by atoms with Crippen molar-refractivity contribution in [1.29, 1.82) is 0 Å². The van der Waals surface area contributed by atoms with E-state index < -0.39 is 12.0 Å². The Kier molecular flexibility index (Phi) is 5.26. The minimum absolute atomic E-state index is 0.0208. The summed E-state index contributed by atoms with van der Waals surface area (Å²) in [6.07, 6.45) is 2.70. The Bertz CT molecular complexity index is 561. The highest BCUT2D eigenvalue weighted by Crippen LogP contribution is 2.14. The molecule has 0 fully saturated rings. The van der Waals surface area contributed by atoms with Crippen molar-refractivity contribution < 1.29 is 14.7 Å². The number of aromatic nitrogens is 1. The lowest BCUT2D eigenvalue weighted by Crippen LogP contribution is -2.34. The largest absolute Gasteiger partial charge is 0.480 e. The van der Waals surface area contributed by atoms with Crippen LogP contribution in [0.2, 0.25) is 0 Å². The van der Waals surface area contributed by atoms with Gasteiger partial charge in [0.1, 0.15) is 6.04 Å². The molecule has 0 saturated carbocycles. The molecule has 1 aromatic heterocycles. The average molecular weight is 262 g/mol. The van der Waals surface area contributed by atoms with Gasteiger partial charge in [-0.3, -0.25) is 9.59 Å². The van der Waals surface area contributed by atoms with Gasteiger partial charge in [0.05, 0.1) is 0 Å². The van der Waals surface area contributed by atoms with Crippen molar-refractivity contribution in [3.05, 3.63) is 36.0 Å². The van der Waals surface area contributed by atoms with Crippen molar-refractivity contribution in [3.8, 4) is 0 Å². The van der Waals surface area contributed by atoms with Crippen molar-refractivity contribution in [3.63, 3.8) is 0 Å². The van der Waals surface area contributed by atoms with Crippen LogP contribution in [0.5, 0.6) is 0 Å². The van der Waals surface area contributed by atoms with E-state index in [1.54, 1.807) is 13.8 Å². The second kappa shape index (κ2) is 6.70. The normalized spacial score (nSPS) is 11.8. The van der Waals surface area contributed by atoms with Gasteiger partial charge in [-0.1, -0.05) is 26.0 Å². The molecule has 0 unspecified atom stereocenters. The van der Waals surface area contributed by atoms with E-state index in [2.05, 4.69) is 4.98 Å². The maximum absolute atomic E-state index is 10.5. The van der Waals surface area contributed by atoms with Crippen LogP contribution < -0.4 is 5.73 Å². The minimum atomic E-state index is -0.931. The van der Waals surface area contributed by atoms with Gasteiger partial charge in [-0.2, -0.15) is 0 Å². The zero-order valence-electron chi connectivity index (χ0n) is 11.0. The molecule has 1 aromatic carbocycles. The number of H-pyrrole nitrogens is 1. The number of aldehydes is 1. The predicted octanol–water partition coefficient (Wildman–Crippen LogP) is 2.03. The number of aromatic amines is 1. The second-order valence-corrected chi connectivity index (χ2v) is 4.51. The molecule has 5 heteroatoms. The zero-order valence-corrected chi connectivity index (χ0v) is 11.0. The van der Waals surface area contributed by atoms with Crippen molar-refractivity contribution in [2.75, 3.05) is 0 Å². The standard InChI is InChI=1S/C9H7NO.C5H11NO2/c11-6-7-2-1-3-9-8(7)4-5-10-9;1-3(2)4(6)5(7)8/h1-6,10H;3-4H,6H2,1-2H3,(H,7,8)/t;4-/m.0/s1. The summed E-state index contributed by atoms with van der Waals surface area (Å²) < 4.78 is 0. The first-order chi connectivity index (χ1) is 8.97. The van der Waals surface area contributed by atoms with Crippen LogP contribution >= 0.6 is 0 Å². The molecule has 2 aromatic rings. The van der Waals surface area contributed by atoms with Crippen molar-refractivity contribution in [1.82, 2.24) is 4.98 Å². The molecule has 0 aliphatic heterocycles. The number of nitrogens with two attached hydrogens (primary N) is 1. The smallest absolute Gasteiger partial charge is 0.320 e. The molecule has 4 N–H and O–H groups in total. The van der Waals surface area contributed by atoms with Gasteiger partial charge in [-0.25, -0.2) is 0 Å². The number of carbonyl (C=O) groups is 2.